The average molecular weight is 142 g/mol. The van der Waals surface area contributed by atoms with Crippen LogP contribution in [0, 0.1) is 0 Å². The molecule has 1 N–H and O–H groups in total. The molecule has 2 heterocycles. The van der Waals surface area contributed by atoms with Crippen molar-refractivity contribution in [1.29, 1.82) is 0 Å². The lowest BCUT2D eigenvalue weighted by Gasteiger charge is -2.23. The zero-order valence-corrected chi connectivity index (χ0v) is 5.62. The van der Waals surface area contributed by atoms with E-state index in [1.54, 1.807) is 0 Å². The fourth-order valence-corrected chi connectivity index (χ4v) is 1.67. The normalized spacial score (nSPS) is 46.1. The summed E-state index contributed by atoms with van der Waals surface area (Å²) in [5.41, 5.74) is 0. The molecule has 2 aliphatic rings. The van der Waals surface area contributed by atoms with Crippen LogP contribution in [0.2, 0.25) is 0 Å². The van der Waals surface area contributed by atoms with Crippen LogP contribution in [0.3, 0.4) is 0 Å². The van der Waals surface area contributed by atoms with Crippen molar-refractivity contribution in [3.8, 4) is 0 Å². The average Bonchev–Trinajstić information content (AvgIpc) is 2.29. The highest BCUT2D eigenvalue weighted by Crippen LogP contribution is 2.30. The smallest absolute Gasteiger partial charge is 0.166 e. The fraction of sp³-hybridized carbons (Fsp3) is 0.857. The highest BCUT2D eigenvalue weighted by atomic mass is 16.5. The van der Waals surface area contributed by atoms with Gasteiger partial charge in [0.15, 0.2) is 5.78 Å². The number of aliphatic hydroxyl groups excluding tert-OH is 1. The van der Waals surface area contributed by atoms with Crippen molar-refractivity contribution in [2.24, 2.45) is 0 Å². The molecule has 2 rings (SSSR count). The van der Waals surface area contributed by atoms with Gasteiger partial charge in [-0.2, -0.15) is 0 Å². The Labute approximate surface area is 59.0 Å². The maximum atomic E-state index is 10.9. The van der Waals surface area contributed by atoms with Gasteiger partial charge in [-0.3, -0.25) is 4.79 Å². The van der Waals surface area contributed by atoms with Gasteiger partial charge in [-0.05, 0) is 12.8 Å². The van der Waals surface area contributed by atoms with Crippen LogP contribution in [0.15, 0.2) is 0 Å². The van der Waals surface area contributed by atoms with Crippen LogP contribution in [-0.4, -0.2) is 29.2 Å². The van der Waals surface area contributed by atoms with Crippen molar-refractivity contribution in [2.75, 3.05) is 0 Å². The topological polar surface area (TPSA) is 46.5 Å². The molecule has 2 fully saturated rings. The highest BCUT2D eigenvalue weighted by Gasteiger charge is 2.40. The van der Waals surface area contributed by atoms with E-state index in [0.717, 1.165) is 12.8 Å². The van der Waals surface area contributed by atoms with Crippen molar-refractivity contribution < 1.29 is 14.6 Å². The Morgan fingerprint density at radius 2 is 2.30 bits per heavy atom. The highest BCUT2D eigenvalue weighted by molar-refractivity contribution is 5.84. The van der Waals surface area contributed by atoms with E-state index in [9.17, 15) is 9.90 Å². The van der Waals surface area contributed by atoms with E-state index < -0.39 is 6.10 Å². The van der Waals surface area contributed by atoms with Crippen LogP contribution in [0.25, 0.3) is 0 Å². The van der Waals surface area contributed by atoms with E-state index in [1.165, 1.54) is 0 Å². The Morgan fingerprint density at radius 1 is 1.50 bits per heavy atom. The summed E-state index contributed by atoms with van der Waals surface area (Å²) >= 11 is 0. The first-order valence-corrected chi connectivity index (χ1v) is 3.63. The molecule has 0 aromatic rings. The van der Waals surface area contributed by atoms with Gasteiger partial charge >= 0.3 is 0 Å². The molecule has 2 bridgehead atoms. The van der Waals surface area contributed by atoms with E-state index in [-0.39, 0.29) is 18.0 Å². The Hall–Kier alpha value is -0.410. The number of rotatable bonds is 0. The minimum atomic E-state index is -0.834. The first-order chi connectivity index (χ1) is 4.77. The largest absolute Gasteiger partial charge is 0.383 e. The van der Waals surface area contributed by atoms with E-state index in [4.69, 9.17) is 4.74 Å². The fourth-order valence-electron chi connectivity index (χ4n) is 1.67. The number of Topliss-reactive ketones (excluding diaryl/α,β-unsaturated/α-hetero) is 1. The Kier molecular flexibility index (Phi) is 1.28. The van der Waals surface area contributed by atoms with Crippen LogP contribution < -0.4 is 0 Å². The number of fused-ring (bicyclic) bond motifs is 2. The molecular formula is C7H10O3. The molecule has 0 radical (unpaired) electrons. The summed E-state index contributed by atoms with van der Waals surface area (Å²) in [6.07, 6.45) is 1.29. The van der Waals surface area contributed by atoms with Gasteiger partial charge in [0.25, 0.3) is 0 Å². The lowest BCUT2D eigenvalue weighted by Crippen LogP contribution is -2.39. The number of hydrogen-bond donors (Lipinski definition) is 1. The molecule has 0 unspecified atom stereocenters. The number of carbonyl (C=O) groups excluding carboxylic acids is 1. The molecule has 3 heteroatoms. The van der Waals surface area contributed by atoms with Gasteiger partial charge in [0.2, 0.25) is 0 Å². The lowest BCUT2D eigenvalue weighted by atomic mass is 10.1. The molecule has 0 aliphatic carbocycles. The van der Waals surface area contributed by atoms with Crippen LogP contribution in [0.1, 0.15) is 19.3 Å². The minimum Gasteiger partial charge on any atom is -0.383 e. The maximum Gasteiger partial charge on any atom is 0.166 e. The summed E-state index contributed by atoms with van der Waals surface area (Å²) in [6, 6.07) is 0. The molecule has 0 aromatic heterocycles. The number of ketones is 1. The van der Waals surface area contributed by atoms with Gasteiger partial charge in [-0.1, -0.05) is 0 Å². The minimum absolute atomic E-state index is 0.0428. The first kappa shape index (κ1) is 6.31. The molecular weight excluding hydrogens is 132 g/mol. The Balaban J connectivity index is 2.17. The summed E-state index contributed by atoms with van der Waals surface area (Å²) in [6.45, 7) is 0. The SMILES string of the molecule is O=C1C[C@@H]2CC[C@@H](O2)[C@H]1O. The quantitative estimate of drug-likeness (QED) is 0.512. The summed E-state index contributed by atoms with van der Waals surface area (Å²) in [5, 5.41) is 9.19. The van der Waals surface area contributed by atoms with Crippen LogP contribution in [-0.2, 0) is 9.53 Å². The van der Waals surface area contributed by atoms with Crippen molar-refractivity contribution >= 4 is 5.78 Å². The molecule has 2 aliphatic heterocycles. The molecule has 0 amide bonds. The molecule has 0 saturated carbocycles. The third kappa shape index (κ3) is 0.777. The van der Waals surface area contributed by atoms with E-state index >= 15 is 0 Å². The van der Waals surface area contributed by atoms with Crippen LogP contribution in [0.4, 0.5) is 0 Å². The predicted molar refractivity (Wildman–Crippen MR) is 33.5 cm³/mol. The summed E-state index contributed by atoms with van der Waals surface area (Å²) in [4.78, 5) is 10.9. The van der Waals surface area contributed by atoms with Gasteiger partial charge < -0.3 is 9.84 Å². The summed E-state index contributed by atoms with van der Waals surface area (Å²) in [5.74, 6) is -0.0428. The molecule has 0 spiro atoms. The van der Waals surface area contributed by atoms with Gasteiger partial charge in [0.1, 0.15) is 6.10 Å². The van der Waals surface area contributed by atoms with Gasteiger partial charge in [-0.15, -0.1) is 0 Å². The Bertz CT molecular complexity index is 166. The second kappa shape index (κ2) is 2.04. The molecule has 10 heavy (non-hydrogen) atoms. The van der Waals surface area contributed by atoms with Crippen LogP contribution >= 0.6 is 0 Å². The van der Waals surface area contributed by atoms with Crippen molar-refractivity contribution in [2.45, 2.75) is 37.6 Å². The number of aliphatic hydroxyl groups is 1. The zero-order chi connectivity index (χ0) is 7.14. The van der Waals surface area contributed by atoms with Gasteiger partial charge in [0, 0.05) is 6.42 Å². The first-order valence-electron chi connectivity index (χ1n) is 3.63. The molecule has 0 aromatic carbocycles. The standard InChI is InChI=1S/C7H10O3/c8-5-3-4-1-2-6(10-4)7(5)9/h4,6-7,9H,1-3H2/t4-,6+,7-/m0/s1. The summed E-state index contributed by atoms with van der Waals surface area (Å²) < 4.78 is 5.31. The van der Waals surface area contributed by atoms with Gasteiger partial charge in [0.05, 0.1) is 12.2 Å². The number of ether oxygens (including phenoxy) is 1. The molecule has 3 atom stereocenters. The third-order valence-corrected chi connectivity index (χ3v) is 2.25. The van der Waals surface area contributed by atoms with E-state index in [1.807, 2.05) is 0 Å². The lowest BCUT2D eigenvalue weighted by molar-refractivity contribution is -0.147. The van der Waals surface area contributed by atoms with Crippen molar-refractivity contribution in [3.05, 3.63) is 0 Å². The van der Waals surface area contributed by atoms with E-state index in [0.29, 0.717) is 6.42 Å². The second-order valence-electron chi connectivity index (χ2n) is 2.99. The monoisotopic (exact) mass is 142 g/mol. The summed E-state index contributed by atoms with van der Waals surface area (Å²) in [7, 11) is 0. The predicted octanol–water partition coefficient (Wildman–Crippen LogP) is -0.132. The number of hydrogen-bond acceptors (Lipinski definition) is 3. The maximum absolute atomic E-state index is 10.9. The molecule has 2 saturated heterocycles. The molecule has 3 nitrogen and oxygen atoms in total. The van der Waals surface area contributed by atoms with Crippen molar-refractivity contribution in [3.63, 3.8) is 0 Å². The number of carbonyl (C=O) groups is 1. The molecule has 56 valence electrons. The van der Waals surface area contributed by atoms with Crippen LogP contribution in [0.5, 0.6) is 0 Å². The Morgan fingerprint density at radius 3 is 3.10 bits per heavy atom. The van der Waals surface area contributed by atoms with Crippen molar-refractivity contribution in [1.82, 2.24) is 0 Å². The second-order valence-corrected chi connectivity index (χ2v) is 2.99. The van der Waals surface area contributed by atoms with Gasteiger partial charge in [-0.25, -0.2) is 0 Å². The third-order valence-electron chi connectivity index (χ3n) is 2.25. The zero-order valence-electron chi connectivity index (χ0n) is 5.62. The van der Waals surface area contributed by atoms with E-state index in [2.05, 4.69) is 0 Å².